The Hall–Kier alpha value is -3.40. The lowest BCUT2D eigenvalue weighted by Gasteiger charge is -2.14. The number of anilines is 3. The standard InChI is InChI=1S/C23H25F4N5O/c1-15-12-17(24)8-9-19(15)29-21-14-20(30-22(31-21)28-10-5-11-32(2)3)16-6-4-7-18(13-16)33-23(25,26)27/h4,6-9,12-14H,5,10-11H2,1-3H3,(H2,28,29,30,31). The van der Waals surface area contributed by atoms with E-state index in [4.69, 9.17) is 0 Å². The number of aromatic nitrogens is 2. The van der Waals surface area contributed by atoms with E-state index < -0.39 is 6.36 Å². The SMILES string of the molecule is Cc1cc(F)ccc1Nc1cc(-c2cccc(OC(F)(F)F)c2)nc(NCCCN(C)C)n1. The molecule has 0 bridgehead atoms. The summed E-state index contributed by atoms with van der Waals surface area (Å²) in [5, 5.41) is 6.29. The van der Waals surface area contributed by atoms with Crippen molar-refractivity contribution in [2.75, 3.05) is 37.8 Å². The van der Waals surface area contributed by atoms with Crippen LogP contribution in [0.4, 0.5) is 35.0 Å². The summed E-state index contributed by atoms with van der Waals surface area (Å²) in [6.07, 6.45) is -3.95. The fraction of sp³-hybridized carbons (Fsp3) is 0.304. The quantitative estimate of drug-likeness (QED) is 0.318. The molecule has 2 N–H and O–H groups in total. The van der Waals surface area contributed by atoms with Crippen LogP contribution in [0.3, 0.4) is 0 Å². The van der Waals surface area contributed by atoms with Gasteiger partial charge in [0.2, 0.25) is 5.95 Å². The first-order chi connectivity index (χ1) is 15.6. The van der Waals surface area contributed by atoms with Gasteiger partial charge in [0.05, 0.1) is 5.69 Å². The Kier molecular flexibility index (Phi) is 7.70. The Morgan fingerprint density at radius 3 is 2.52 bits per heavy atom. The smallest absolute Gasteiger partial charge is 0.406 e. The van der Waals surface area contributed by atoms with E-state index in [0.29, 0.717) is 40.8 Å². The summed E-state index contributed by atoms with van der Waals surface area (Å²) >= 11 is 0. The lowest BCUT2D eigenvalue weighted by Crippen LogP contribution is -2.17. The Labute approximate surface area is 189 Å². The van der Waals surface area contributed by atoms with Crippen LogP contribution < -0.4 is 15.4 Å². The highest BCUT2D eigenvalue weighted by molar-refractivity contribution is 5.69. The predicted octanol–water partition coefficient (Wildman–Crippen LogP) is 5.60. The molecule has 0 radical (unpaired) electrons. The van der Waals surface area contributed by atoms with E-state index in [1.165, 1.54) is 30.3 Å². The largest absolute Gasteiger partial charge is 0.573 e. The molecule has 0 fully saturated rings. The van der Waals surface area contributed by atoms with Crippen LogP contribution in [0.15, 0.2) is 48.5 Å². The zero-order valence-corrected chi connectivity index (χ0v) is 18.5. The molecule has 0 spiro atoms. The molecule has 0 saturated heterocycles. The van der Waals surface area contributed by atoms with Crippen LogP contribution in [0.1, 0.15) is 12.0 Å². The number of hydrogen-bond acceptors (Lipinski definition) is 6. The molecule has 3 aromatic rings. The third-order valence-corrected chi connectivity index (χ3v) is 4.61. The first kappa shape index (κ1) is 24.2. The van der Waals surface area contributed by atoms with Crippen molar-refractivity contribution in [3.05, 3.63) is 59.9 Å². The van der Waals surface area contributed by atoms with Gasteiger partial charge in [0.1, 0.15) is 17.4 Å². The highest BCUT2D eigenvalue weighted by Gasteiger charge is 2.31. The van der Waals surface area contributed by atoms with Crippen LogP contribution in [-0.4, -0.2) is 48.4 Å². The first-order valence-electron chi connectivity index (χ1n) is 10.3. The number of halogens is 4. The normalized spacial score (nSPS) is 11.5. The van der Waals surface area contributed by atoms with Gasteiger partial charge in [0, 0.05) is 23.9 Å². The second-order valence-corrected chi connectivity index (χ2v) is 7.71. The van der Waals surface area contributed by atoms with Gasteiger partial charge in [0.25, 0.3) is 0 Å². The van der Waals surface area contributed by atoms with Crippen molar-refractivity contribution < 1.29 is 22.3 Å². The van der Waals surface area contributed by atoms with Crippen molar-refractivity contribution in [2.24, 2.45) is 0 Å². The average molecular weight is 463 g/mol. The van der Waals surface area contributed by atoms with Gasteiger partial charge in [-0.1, -0.05) is 12.1 Å². The van der Waals surface area contributed by atoms with Gasteiger partial charge < -0.3 is 20.3 Å². The van der Waals surface area contributed by atoms with E-state index in [1.54, 1.807) is 25.1 Å². The van der Waals surface area contributed by atoms with E-state index in [9.17, 15) is 17.6 Å². The lowest BCUT2D eigenvalue weighted by molar-refractivity contribution is -0.274. The van der Waals surface area contributed by atoms with Crippen LogP contribution in [0.25, 0.3) is 11.3 Å². The summed E-state index contributed by atoms with van der Waals surface area (Å²) in [4.78, 5) is 11.0. The van der Waals surface area contributed by atoms with Crippen molar-refractivity contribution in [2.45, 2.75) is 19.7 Å². The first-order valence-corrected chi connectivity index (χ1v) is 10.3. The number of aryl methyl sites for hydroxylation is 1. The molecular weight excluding hydrogens is 438 g/mol. The van der Waals surface area contributed by atoms with E-state index in [0.717, 1.165) is 13.0 Å². The Morgan fingerprint density at radius 1 is 1.03 bits per heavy atom. The zero-order chi connectivity index (χ0) is 24.0. The van der Waals surface area contributed by atoms with Gasteiger partial charge in [-0.3, -0.25) is 0 Å². The monoisotopic (exact) mass is 463 g/mol. The summed E-state index contributed by atoms with van der Waals surface area (Å²) in [6.45, 7) is 3.23. The highest BCUT2D eigenvalue weighted by Crippen LogP contribution is 2.29. The molecular formula is C23H25F4N5O. The molecule has 1 aromatic heterocycles. The molecule has 1 heterocycles. The number of alkyl halides is 3. The second-order valence-electron chi connectivity index (χ2n) is 7.71. The van der Waals surface area contributed by atoms with Crippen molar-refractivity contribution in [1.29, 1.82) is 0 Å². The molecule has 0 saturated carbocycles. The average Bonchev–Trinajstić information content (AvgIpc) is 2.72. The van der Waals surface area contributed by atoms with Crippen LogP contribution in [0.5, 0.6) is 5.75 Å². The summed E-state index contributed by atoms with van der Waals surface area (Å²) in [6, 6.07) is 11.5. The second kappa shape index (κ2) is 10.5. The minimum Gasteiger partial charge on any atom is -0.406 e. The summed E-state index contributed by atoms with van der Waals surface area (Å²) in [5.41, 5.74) is 2.15. The fourth-order valence-electron chi connectivity index (χ4n) is 3.09. The number of nitrogens with one attached hydrogen (secondary N) is 2. The Bertz CT molecular complexity index is 1090. The third kappa shape index (κ3) is 7.60. The molecule has 176 valence electrons. The predicted molar refractivity (Wildman–Crippen MR) is 120 cm³/mol. The summed E-state index contributed by atoms with van der Waals surface area (Å²) in [7, 11) is 3.94. The van der Waals surface area contributed by atoms with Crippen LogP contribution in [0, 0.1) is 12.7 Å². The third-order valence-electron chi connectivity index (χ3n) is 4.61. The topological polar surface area (TPSA) is 62.3 Å². The summed E-state index contributed by atoms with van der Waals surface area (Å²) < 4.78 is 55.4. The Morgan fingerprint density at radius 2 is 1.82 bits per heavy atom. The number of rotatable bonds is 9. The Balaban J connectivity index is 1.92. The number of benzene rings is 2. The molecule has 0 amide bonds. The van der Waals surface area contributed by atoms with Crippen molar-refractivity contribution in [3.63, 3.8) is 0 Å². The van der Waals surface area contributed by atoms with E-state index in [-0.39, 0.29) is 11.6 Å². The molecule has 3 rings (SSSR count). The van der Waals surface area contributed by atoms with Crippen molar-refractivity contribution >= 4 is 17.5 Å². The molecule has 2 aromatic carbocycles. The maximum atomic E-state index is 13.5. The zero-order valence-electron chi connectivity index (χ0n) is 18.5. The molecule has 0 aliphatic carbocycles. The number of hydrogen-bond donors (Lipinski definition) is 2. The number of ether oxygens (including phenoxy) is 1. The molecule has 0 unspecified atom stereocenters. The van der Waals surface area contributed by atoms with Gasteiger partial charge in [0.15, 0.2) is 0 Å². The van der Waals surface area contributed by atoms with Gasteiger partial charge in [-0.05, 0) is 69.9 Å². The molecule has 0 aliphatic heterocycles. The van der Waals surface area contributed by atoms with Crippen molar-refractivity contribution in [1.82, 2.24) is 14.9 Å². The molecule has 6 nitrogen and oxygen atoms in total. The molecule has 10 heteroatoms. The minimum absolute atomic E-state index is 0.315. The van der Waals surface area contributed by atoms with Gasteiger partial charge in [-0.15, -0.1) is 13.2 Å². The summed E-state index contributed by atoms with van der Waals surface area (Å²) in [5.74, 6) is 0.0248. The van der Waals surface area contributed by atoms with Crippen LogP contribution in [0.2, 0.25) is 0 Å². The maximum absolute atomic E-state index is 13.5. The van der Waals surface area contributed by atoms with Crippen molar-refractivity contribution in [3.8, 4) is 17.0 Å². The number of nitrogens with zero attached hydrogens (tertiary/aromatic N) is 3. The van der Waals surface area contributed by atoms with Gasteiger partial charge in [-0.2, -0.15) is 4.98 Å². The minimum atomic E-state index is -4.80. The van der Waals surface area contributed by atoms with Gasteiger partial charge in [-0.25, -0.2) is 9.37 Å². The van der Waals surface area contributed by atoms with Crippen LogP contribution in [-0.2, 0) is 0 Å². The van der Waals surface area contributed by atoms with Crippen LogP contribution >= 0.6 is 0 Å². The van der Waals surface area contributed by atoms with Gasteiger partial charge >= 0.3 is 6.36 Å². The highest BCUT2D eigenvalue weighted by atomic mass is 19.4. The lowest BCUT2D eigenvalue weighted by atomic mass is 10.1. The van der Waals surface area contributed by atoms with E-state index in [2.05, 4.69) is 30.2 Å². The molecule has 0 aliphatic rings. The molecule has 0 atom stereocenters. The fourth-order valence-corrected chi connectivity index (χ4v) is 3.09. The molecule has 33 heavy (non-hydrogen) atoms. The maximum Gasteiger partial charge on any atom is 0.573 e. The van der Waals surface area contributed by atoms with E-state index in [1.807, 2.05) is 14.1 Å². The van der Waals surface area contributed by atoms with E-state index >= 15 is 0 Å².